The lowest BCUT2D eigenvalue weighted by atomic mass is 10.1. The highest BCUT2D eigenvalue weighted by atomic mass is 35.5. The molecule has 38 heavy (non-hydrogen) atoms. The molecule has 3 aromatic carbocycles. The fraction of sp³-hybridized carbons (Fsp3) is 0.231. The van der Waals surface area contributed by atoms with E-state index in [4.69, 9.17) is 35.3 Å². The summed E-state index contributed by atoms with van der Waals surface area (Å²) >= 11 is 6.15. The molecule has 0 saturated heterocycles. The number of sulfonamides is 1. The van der Waals surface area contributed by atoms with Gasteiger partial charge < -0.3 is 23.7 Å². The third-order valence-corrected chi connectivity index (χ3v) is 7.28. The summed E-state index contributed by atoms with van der Waals surface area (Å²) < 4.78 is 54.8. The van der Waals surface area contributed by atoms with E-state index in [1.54, 1.807) is 19.1 Å². The second kappa shape index (κ2) is 12.1. The normalized spacial score (nSPS) is 10.9. The van der Waals surface area contributed by atoms with Gasteiger partial charge in [0.05, 0.1) is 55.2 Å². The molecule has 0 heterocycles. The number of ketones is 1. The summed E-state index contributed by atoms with van der Waals surface area (Å²) in [6.45, 7) is 0.971. The summed E-state index contributed by atoms with van der Waals surface area (Å²) in [6, 6.07) is 11.5. The Labute approximate surface area is 225 Å². The maximum absolute atomic E-state index is 13.2. The molecule has 0 radical (unpaired) electrons. The third kappa shape index (κ3) is 6.29. The molecule has 202 valence electrons. The predicted molar refractivity (Wildman–Crippen MR) is 141 cm³/mol. The topological polar surface area (TPSA) is 126 Å². The Balaban J connectivity index is 1.83. The Morgan fingerprint density at radius 2 is 1.53 bits per heavy atom. The number of hydrogen-bond donors (Lipinski definition) is 1. The van der Waals surface area contributed by atoms with E-state index in [2.05, 4.69) is 4.72 Å². The van der Waals surface area contributed by atoms with Crippen molar-refractivity contribution in [2.24, 2.45) is 0 Å². The zero-order chi connectivity index (χ0) is 28.0. The standard InChI is InChI=1S/C26H26ClNO9S/c1-15-6-7-16(26(30)37-14-21(29)18-11-17(33-2)8-9-22(18)34-3)10-25(15)38(31,32)28-20-12-19(27)23(35-4)13-24(20)36-5/h6-13,28H,14H2,1-5H3. The quantitative estimate of drug-likeness (QED) is 0.264. The van der Waals surface area contributed by atoms with E-state index in [9.17, 15) is 18.0 Å². The largest absolute Gasteiger partial charge is 0.497 e. The second-order valence-electron chi connectivity index (χ2n) is 7.84. The summed E-state index contributed by atoms with van der Waals surface area (Å²) in [5.41, 5.74) is 0.539. The van der Waals surface area contributed by atoms with Gasteiger partial charge in [-0.1, -0.05) is 17.7 Å². The molecule has 1 N–H and O–H groups in total. The molecule has 0 aliphatic heterocycles. The molecular weight excluding hydrogens is 538 g/mol. The van der Waals surface area contributed by atoms with Crippen LogP contribution in [0.1, 0.15) is 26.3 Å². The van der Waals surface area contributed by atoms with Crippen LogP contribution in [0.2, 0.25) is 5.02 Å². The maximum Gasteiger partial charge on any atom is 0.338 e. The minimum absolute atomic E-state index is 0.0684. The average Bonchev–Trinajstić information content (AvgIpc) is 2.91. The molecular formula is C26H26ClNO9S. The maximum atomic E-state index is 13.2. The number of aryl methyl sites for hydroxylation is 1. The van der Waals surface area contributed by atoms with Gasteiger partial charge in [0.15, 0.2) is 6.61 Å². The number of nitrogens with one attached hydrogen (secondary N) is 1. The van der Waals surface area contributed by atoms with Crippen LogP contribution in [0, 0.1) is 6.92 Å². The van der Waals surface area contributed by atoms with Crippen LogP contribution in [0.3, 0.4) is 0 Å². The first kappa shape index (κ1) is 28.6. The molecule has 0 atom stereocenters. The molecule has 0 aromatic heterocycles. The average molecular weight is 564 g/mol. The molecule has 12 heteroatoms. The van der Waals surface area contributed by atoms with Crippen LogP contribution >= 0.6 is 11.6 Å². The summed E-state index contributed by atoms with van der Waals surface area (Å²) in [5, 5.41) is 0.164. The Bertz CT molecular complexity index is 1470. The van der Waals surface area contributed by atoms with Crippen molar-refractivity contribution in [3.05, 3.63) is 70.2 Å². The van der Waals surface area contributed by atoms with Crippen molar-refractivity contribution >= 4 is 39.1 Å². The van der Waals surface area contributed by atoms with Gasteiger partial charge in [0.2, 0.25) is 5.78 Å². The number of ether oxygens (including phenoxy) is 5. The molecule has 10 nitrogen and oxygen atoms in total. The number of methoxy groups -OCH3 is 4. The molecule has 3 aromatic rings. The van der Waals surface area contributed by atoms with Crippen molar-refractivity contribution in [1.29, 1.82) is 0 Å². The van der Waals surface area contributed by atoms with Crippen molar-refractivity contribution in [1.82, 2.24) is 0 Å². The molecule has 0 fully saturated rings. The van der Waals surface area contributed by atoms with Crippen molar-refractivity contribution in [2.75, 3.05) is 39.8 Å². The number of esters is 1. The van der Waals surface area contributed by atoms with E-state index in [0.29, 0.717) is 17.1 Å². The van der Waals surface area contributed by atoms with E-state index >= 15 is 0 Å². The van der Waals surface area contributed by atoms with Crippen LogP contribution in [-0.4, -0.2) is 55.2 Å². The number of anilines is 1. The molecule has 0 amide bonds. The van der Waals surface area contributed by atoms with Gasteiger partial charge in [0.1, 0.15) is 23.0 Å². The minimum Gasteiger partial charge on any atom is -0.497 e. The summed E-state index contributed by atoms with van der Waals surface area (Å²) in [4.78, 5) is 25.2. The monoisotopic (exact) mass is 563 g/mol. The summed E-state index contributed by atoms with van der Waals surface area (Å²) in [6.07, 6.45) is 0. The van der Waals surface area contributed by atoms with Gasteiger partial charge in [0, 0.05) is 6.07 Å². The molecule has 0 bridgehead atoms. The van der Waals surface area contributed by atoms with Crippen LogP contribution in [0.5, 0.6) is 23.0 Å². The van der Waals surface area contributed by atoms with Crippen LogP contribution in [0.4, 0.5) is 5.69 Å². The van der Waals surface area contributed by atoms with Crippen molar-refractivity contribution in [3.63, 3.8) is 0 Å². The smallest absolute Gasteiger partial charge is 0.338 e. The highest BCUT2D eigenvalue weighted by Gasteiger charge is 2.23. The van der Waals surface area contributed by atoms with Gasteiger partial charge in [-0.2, -0.15) is 0 Å². The van der Waals surface area contributed by atoms with Gasteiger partial charge in [0.25, 0.3) is 10.0 Å². The first-order valence-electron chi connectivity index (χ1n) is 11.0. The summed E-state index contributed by atoms with van der Waals surface area (Å²) in [5.74, 6) is -0.226. The molecule has 0 aliphatic carbocycles. The molecule has 0 unspecified atom stereocenters. The number of benzene rings is 3. The number of halogens is 1. The molecule has 0 aliphatic rings. The zero-order valence-electron chi connectivity index (χ0n) is 21.3. The van der Waals surface area contributed by atoms with Crippen LogP contribution in [-0.2, 0) is 14.8 Å². The first-order valence-corrected chi connectivity index (χ1v) is 12.9. The number of hydrogen-bond acceptors (Lipinski definition) is 9. The number of carbonyl (C=O) groups is 2. The number of carbonyl (C=O) groups excluding carboxylic acids is 2. The van der Waals surface area contributed by atoms with Gasteiger partial charge in [-0.3, -0.25) is 9.52 Å². The van der Waals surface area contributed by atoms with Crippen molar-refractivity contribution in [3.8, 4) is 23.0 Å². The highest BCUT2D eigenvalue weighted by Crippen LogP contribution is 2.37. The van der Waals surface area contributed by atoms with E-state index < -0.39 is 28.4 Å². The SMILES string of the molecule is COc1ccc(OC)c(C(=O)COC(=O)c2ccc(C)c(S(=O)(=O)Nc3cc(Cl)c(OC)cc3OC)c2)c1. The second-order valence-corrected chi connectivity index (χ2v) is 9.90. The molecule has 0 saturated carbocycles. The lowest BCUT2D eigenvalue weighted by Crippen LogP contribution is -2.18. The molecule has 0 spiro atoms. The van der Waals surface area contributed by atoms with Crippen molar-refractivity contribution < 1.29 is 41.7 Å². The Hall–Kier alpha value is -3.96. The van der Waals surface area contributed by atoms with Gasteiger partial charge >= 0.3 is 5.97 Å². The number of rotatable bonds is 11. The number of Topliss-reactive ketones (excluding diaryl/α,β-unsaturated/α-hetero) is 1. The predicted octanol–water partition coefficient (Wildman–Crippen LogP) is 4.52. The van der Waals surface area contributed by atoms with Gasteiger partial charge in [-0.15, -0.1) is 0 Å². The van der Waals surface area contributed by atoms with Gasteiger partial charge in [-0.05, 0) is 48.9 Å². The fourth-order valence-corrected chi connectivity index (χ4v) is 5.05. The lowest BCUT2D eigenvalue weighted by Gasteiger charge is -2.16. The van der Waals surface area contributed by atoms with E-state index in [0.717, 1.165) is 6.07 Å². The van der Waals surface area contributed by atoms with E-state index in [-0.39, 0.29) is 38.2 Å². The Kier molecular flexibility index (Phi) is 9.08. The van der Waals surface area contributed by atoms with E-state index in [1.807, 2.05) is 0 Å². The van der Waals surface area contributed by atoms with E-state index in [1.165, 1.54) is 58.8 Å². The zero-order valence-corrected chi connectivity index (χ0v) is 22.9. The Morgan fingerprint density at radius 3 is 2.16 bits per heavy atom. The first-order chi connectivity index (χ1) is 18.0. The Morgan fingerprint density at radius 1 is 0.842 bits per heavy atom. The van der Waals surface area contributed by atoms with Gasteiger partial charge in [-0.25, -0.2) is 13.2 Å². The summed E-state index contributed by atoms with van der Waals surface area (Å²) in [7, 11) is 1.44. The van der Waals surface area contributed by atoms with Crippen LogP contribution in [0.15, 0.2) is 53.4 Å². The third-order valence-electron chi connectivity index (χ3n) is 5.47. The van der Waals surface area contributed by atoms with Crippen LogP contribution in [0.25, 0.3) is 0 Å². The molecule has 3 rings (SSSR count). The highest BCUT2D eigenvalue weighted by molar-refractivity contribution is 7.92. The minimum atomic E-state index is -4.19. The fourth-order valence-electron chi connectivity index (χ4n) is 3.48. The lowest BCUT2D eigenvalue weighted by molar-refractivity contribution is 0.0473. The van der Waals surface area contributed by atoms with Crippen LogP contribution < -0.4 is 23.7 Å². The van der Waals surface area contributed by atoms with Crippen molar-refractivity contribution in [2.45, 2.75) is 11.8 Å².